The summed E-state index contributed by atoms with van der Waals surface area (Å²) in [5.41, 5.74) is 4.27. The summed E-state index contributed by atoms with van der Waals surface area (Å²) in [5, 5.41) is 5.68. The van der Waals surface area contributed by atoms with E-state index >= 15 is 0 Å². The van der Waals surface area contributed by atoms with E-state index in [0.29, 0.717) is 40.5 Å². The summed E-state index contributed by atoms with van der Waals surface area (Å²) in [6.07, 6.45) is 6.63. The summed E-state index contributed by atoms with van der Waals surface area (Å²) >= 11 is 6.03. The Kier molecular flexibility index (Phi) is 6.73. The Bertz CT molecular complexity index is 1770. The zero-order chi connectivity index (χ0) is 26.8. The van der Waals surface area contributed by atoms with Crippen LogP contribution in [-0.2, 0) is 11.2 Å². The Labute approximate surface area is 229 Å². The van der Waals surface area contributed by atoms with Crippen molar-refractivity contribution < 1.29 is 9.59 Å². The van der Waals surface area contributed by atoms with Gasteiger partial charge < -0.3 is 10.3 Å². The third-order valence-corrected chi connectivity index (χ3v) is 7.01. The molecular weight excluding hydrogens is 510 g/mol. The van der Waals surface area contributed by atoms with Crippen LogP contribution in [-0.4, -0.2) is 38.4 Å². The Morgan fingerprint density at radius 2 is 1.82 bits per heavy atom. The van der Waals surface area contributed by atoms with Crippen LogP contribution >= 0.6 is 11.6 Å². The van der Waals surface area contributed by atoms with Crippen molar-refractivity contribution in [2.24, 2.45) is 4.99 Å². The SMILES string of the molecule is O=C(N[C@@H](Cc1ccc(Cl)cc1)C(=O)CC1=NC=CC1)c1ccc2nc(-c3cc4ccccc4cn3)[nH]c2c1. The third kappa shape index (κ3) is 5.49. The zero-order valence-electron chi connectivity index (χ0n) is 20.9. The van der Waals surface area contributed by atoms with Gasteiger partial charge in [-0.1, -0.05) is 54.1 Å². The van der Waals surface area contributed by atoms with Gasteiger partial charge in [-0.15, -0.1) is 0 Å². The van der Waals surface area contributed by atoms with Gasteiger partial charge >= 0.3 is 0 Å². The maximum atomic E-state index is 13.3. The van der Waals surface area contributed by atoms with E-state index in [2.05, 4.69) is 25.3 Å². The highest BCUT2D eigenvalue weighted by Crippen LogP contribution is 2.23. The number of hydrogen-bond acceptors (Lipinski definition) is 5. The minimum Gasteiger partial charge on any atom is -0.342 e. The predicted octanol–water partition coefficient (Wildman–Crippen LogP) is 6.09. The average molecular weight is 534 g/mol. The number of hydrogen-bond donors (Lipinski definition) is 2. The van der Waals surface area contributed by atoms with E-state index in [4.69, 9.17) is 11.6 Å². The Morgan fingerprint density at radius 1 is 1.00 bits per heavy atom. The highest BCUT2D eigenvalue weighted by atomic mass is 35.5. The first-order valence-electron chi connectivity index (χ1n) is 12.7. The van der Waals surface area contributed by atoms with Crippen molar-refractivity contribution in [2.45, 2.75) is 25.3 Å². The van der Waals surface area contributed by atoms with Gasteiger partial charge in [-0.25, -0.2) is 4.98 Å². The maximum Gasteiger partial charge on any atom is 0.251 e. The number of imidazole rings is 1. The predicted molar refractivity (Wildman–Crippen MR) is 154 cm³/mol. The van der Waals surface area contributed by atoms with Gasteiger partial charge in [-0.2, -0.15) is 0 Å². The van der Waals surface area contributed by atoms with Crippen LogP contribution in [0.4, 0.5) is 0 Å². The quantitative estimate of drug-likeness (QED) is 0.252. The second-order valence-corrected chi connectivity index (χ2v) is 9.95. The first-order chi connectivity index (χ1) is 19.0. The number of allylic oxidation sites excluding steroid dienone is 1. The Morgan fingerprint density at radius 3 is 2.62 bits per heavy atom. The average Bonchev–Trinajstić information content (AvgIpc) is 3.63. The second kappa shape index (κ2) is 10.6. The summed E-state index contributed by atoms with van der Waals surface area (Å²) in [5.74, 6) is 0.193. The van der Waals surface area contributed by atoms with Gasteiger partial charge in [0.25, 0.3) is 5.91 Å². The maximum absolute atomic E-state index is 13.3. The molecule has 0 unspecified atom stereocenters. The number of fused-ring (bicyclic) bond motifs is 2. The molecule has 0 aliphatic carbocycles. The van der Waals surface area contributed by atoms with Gasteiger partial charge in [-0.05, 0) is 53.8 Å². The smallest absolute Gasteiger partial charge is 0.251 e. The molecule has 8 heteroatoms. The van der Waals surface area contributed by atoms with E-state index in [9.17, 15) is 9.59 Å². The first-order valence-corrected chi connectivity index (χ1v) is 13.0. The largest absolute Gasteiger partial charge is 0.342 e. The molecular formula is C31H24ClN5O2. The number of aliphatic imine (C=N–C) groups is 1. The molecule has 192 valence electrons. The molecule has 3 aromatic carbocycles. The normalized spacial score (nSPS) is 13.5. The van der Waals surface area contributed by atoms with Crippen LogP contribution in [0, 0.1) is 0 Å². The van der Waals surface area contributed by atoms with Crippen molar-refractivity contribution in [3.63, 3.8) is 0 Å². The molecule has 1 aliphatic heterocycles. The number of halogens is 1. The third-order valence-electron chi connectivity index (χ3n) is 6.76. The lowest BCUT2D eigenvalue weighted by Crippen LogP contribution is -2.43. The molecule has 39 heavy (non-hydrogen) atoms. The van der Waals surface area contributed by atoms with Gasteiger partial charge in [0.15, 0.2) is 11.6 Å². The summed E-state index contributed by atoms with van der Waals surface area (Å²) in [7, 11) is 0. The van der Waals surface area contributed by atoms with E-state index in [1.165, 1.54) is 0 Å². The van der Waals surface area contributed by atoms with Crippen molar-refractivity contribution in [1.82, 2.24) is 20.3 Å². The number of benzene rings is 3. The number of H-pyrrole nitrogens is 1. The van der Waals surface area contributed by atoms with Gasteiger partial charge in [-0.3, -0.25) is 19.6 Å². The number of ketones is 1. The molecule has 0 radical (unpaired) electrons. The van der Waals surface area contributed by atoms with Crippen LogP contribution in [0.25, 0.3) is 33.3 Å². The molecule has 5 aromatic rings. The van der Waals surface area contributed by atoms with Gasteiger partial charge in [0.2, 0.25) is 0 Å². The van der Waals surface area contributed by atoms with E-state index in [1.54, 1.807) is 36.5 Å². The molecule has 0 saturated carbocycles. The molecule has 2 N–H and O–H groups in total. The minimum absolute atomic E-state index is 0.0898. The lowest BCUT2D eigenvalue weighted by molar-refractivity contribution is -0.119. The van der Waals surface area contributed by atoms with Crippen LogP contribution in [0.1, 0.15) is 28.8 Å². The molecule has 1 atom stereocenters. The summed E-state index contributed by atoms with van der Waals surface area (Å²) < 4.78 is 0. The Hall–Kier alpha value is -4.62. The van der Waals surface area contributed by atoms with Crippen molar-refractivity contribution >= 4 is 50.8 Å². The molecule has 1 amide bonds. The number of carbonyl (C=O) groups is 2. The van der Waals surface area contributed by atoms with Crippen LogP contribution in [0.2, 0.25) is 5.02 Å². The Balaban J connectivity index is 1.24. The van der Waals surface area contributed by atoms with Crippen molar-refractivity contribution in [3.05, 3.63) is 107 Å². The number of nitrogens with one attached hydrogen (secondary N) is 2. The highest BCUT2D eigenvalue weighted by molar-refractivity contribution is 6.30. The molecule has 1 aliphatic rings. The molecule has 6 rings (SSSR count). The van der Waals surface area contributed by atoms with Gasteiger partial charge in [0.05, 0.1) is 17.1 Å². The monoisotopic (exact) mass is 533 g/mol. The topological polar surface area (TPSA) is 100 Å². The van der Waals surface area contributed by atoms with Crippen LogP contribution < -0.4 is 5.32 Å². The number of pyridine rings is 1. The summed E-state index contributed by atoms with van der Waals surface area (Å²) in [6.45, 7) is 0. The number of nitrogens with zero attached hydrogens (tertiary/aromatic N) is 3. The minimum atomic E-state index is -0.711. The number of amides is 1. The fourth-order valence-electron chi connectivity index (χ4n) is 4.67. The number of aromatic nitrogens is 3. The second-order valence-electron chi connectivity index (χ2n) is 9.52. The number of aromatic amines is 1. The van der Waals surface area contributed by atoms with Crippen molar-refractivity contribution in [2.75, 3.05) is 0 Å². The standard InChI is InChI=1S/C31H24ClN5O2/c32-23-10-7-19(8-11-23)14-27(29(38)17-24-6-3-13-33-24)37-31(39)21-9-12-25-26(16-21)36-30(35-25)28-15-20-4-1-2-5-22(20)18-34-28/h1-5,7-13,15-16,18,27H,6,14,17H2,(H,35,36)(H,37,39)/t27-/m0/s1. The molecule has 0 bridgehead atoms. The highest BCUT2D eigenvalue weighted by Gasteiger charge is 2.24. The molecule has 7 nitrogen and oxygen atoms in total. The van der Waals surface area contributed by atoms with E-state index < -0.39 is 6.04 Å². The van der Waals surface area contributed by atoms with Crippen molar-refractivity contribution in [3.8, 4) is 11.5 Å². The fourth-order valence-corrected chi connectivity index (χ4v) is 4.80. The summed E-state index contributed by atoms with van der Waals surface area (Å²) in [4.78, 5) is 43.3. The van der Waals surface area contributed by atoms with Gasteiger partial charge in [0, 0.05) is 46.9 Å². The molecule has 0 saturated heterocycles. The van der Waals surface area contributed by atoms with E-state index in [-0.39, 0.29) is 18.1 Å². The van der Waals surface area contributed by atoms with Crippen LogP contribution in [0.5, 0.6) is 0 Å². The first kappa shape index (κ1) is 24.7. The molecule has 3 heterocycles. The molecule has 0 spiro atoms. The number of rotatable bonds is 8. The zero-order valence-corrected chi connectivity index (χ0v) is 21.7. The number of carbonyl (C=O) groups excluding carboxylic acids is 2. The number of Topliss-reactive ketones (excluding diaryl/α,β-unsaturated/α-hetero) is 1. The summed E-state index contributed by atoms with van der Waals surface area (Å²) in [6, 6.07) is 21.8. The van der Waals surface area contributed by atoms with E-state index in [1.807, 2.05) is 54.7 Å². The van der Waals surface area contributed by atoms with Crippen LogP contribution in [0.15, 0.2) is 96.3 Å². The lowest BCUT2D eigenvalue weighted by Gasteiger charge is -2.18. The van der Waals surface area contributed by atoms with Gasteiger partial charge in [0.1, 0.15) is 5.69 Å². The molecule has 2 aromatic heterocycles. The lowest BCUT2D eigenvalue weighted by atomic mass is 9.98. The fraction of sp³-hybridized carbons (Fsp3) is 0.129. The van der Waals surface area contributed by atoms with E-state index in [0.717, 1.165) is 27.6 Å². The van der Waals surface area contributed by atoms with Crippen LogP contribution in [0.3, 0.4) is 0 Å². The molecule has 0 fully saturated rings. The van der Waals surface area contributed by atoms with Crippen molar-refractivity contribution in [1.29, 1.82) is 0 Å².